The zero-order chi connectivity index (χ0) is 22.2. The Morgan fingerprint density at radius 2 is 2.06 bits per heavy atom. The fourth-order valence-corrected chi connectivity index (χ4v) is 4.51. The number of para-hydroxylation sites is 1. The number of carbonyl (C=O) groups excluding carboxylic acids is 2. The first-order valence-corrected chi connectivity index (χ1v) is 11.5. The molecule has 1 unspecified atom stereocenters. The molecule has 1 N–H and O–H groups in total. The minimum Gasteiger partial charge on any atom is -0.382 e. The minimum atomic E-state index is -0.519. The monoisotopic (exact) mass is 459 g/mol. The molecule has 31 heavy (non-hydrogen) atoms. The number of ether oxygens (including phenoxy) is 1. The molecule has 1 heterocycles. The summed E-state index contributed by atoms with van der Waals surface area (Å²) in [6.07, 6.45) is 0.763. The van der Waals surface area contributed by atoms with Gasteiger partial charge >= 0.3 is 0 Å². The highest BCUT2D eigenvalue weighted by Crippen LogP contribution is 2.33. The van der Waals surface area contributed by atoms with E-state index in [2.05, 4.69) is 5.32 Å². The molecule has 0 aliphatic carbocycles. The van der Waals surface area contributed by atoms with Crippen molar-refractivity contribution < 1.29 is 14.3 Å². The van der Waals surface area contributed by atoms with E-state index in [0.29, 0.717) is 42.1 Å². The largest absolute Gasteiger partial charge is 0.382 e. The van der Waals surface area contributed by atoms with Gasteiger partial charge in [0.2, 0.25) is 11.8 Å². The molecule has 0 spiro atoms. The topological polar surface area (TPSA) is 71.0 Å². The third-order valence-electron chi connectivity index (χ3n) is 4.71. The number of halogens is 1. The van der Waals surface area contributed by atoms with E-state index in [4.69, 9.17) is 21.3 Å². The molecule has 1 fully saturated rings. The summed E-state index contributed by atoms with van der Waals surface area (Å²) in [5.74, 6) is -0.338. The molecule has 1 saturated heterocycles. The number of nitrogens with one attached hydrogen (secondary N) is 1. The molecule has 2 aromatic rings. The standard InChI is InChI=1S/C23H26ClN3O3S/c1-3-30-13-7-12-27-22(29)20(15-21(28)25-18-10-6-9-17(24)14-18)31-23(27)26-19-11-5-4-8-16(19)2/h4-6,8-11,14,20H,3,7,12-13,15H2,1-2H3,(H,25,28). The molecule has 1 aliphatic heterocycles. The molecular weight excluding hydrogens is 434 g/mol. The molecule has 6 nitrogen and oxygen atoms in total. The van der Waals surface area contributed by atoms with Crippen LogP contribution in [-0.4, -0.2) is 46.9 Å². The molecule has 164 valence electrons. The lowest BCUT2D eigenvalue weighted by atomic mass is 10.2. The second-order valence-electron chi connectivity index (χ2n) is 7.09. The van der Waals surface area contributed by atoms with Crippen LogP contribution in [0.2, 0.25) is 5.02 Å². The lowest BCUT2D eigenvalue weighted by Crippen LogP contribution is -2.34. The quantitative estimate of drug-likeness (QED) is 0.533. The summed E-state index contributed by atoms with van der Waals surface area (Å²) < 4.78 is 5.41. The van der Waals surface area contributed by atoms with E-state index in [0.717, 1.165) is 11.3 Å². The number of rotatable bonds is 9. The molecule has 0 aromatic heterocycles. The van der Waals surface area contributed by atoms with Gasteiger partial charge in [-0.25, -0.2) is 4.99 Å². The number of thioether (sulfide) groups is 1. The fourth-order valence-electron chi connectivity index (χ4n) is 3.14. The predicted molar refractivity (Wildman–Crippen MR) is 127 cm³/mol. The van der Waals surface area contributed by atoms with Crippen molar-refractivity contribution in [1.29, 1.82) is 0 Å². The van der Waals surface area contributed by atoms with Gasteiger partial charge in [0.25, 0.3) is 0 Å². The van der Waals surface area contributed by atoms with Crippen molar-refractivity contribution in [2.45, 2.75) is 31.9 Å². The third-order valence-corrected chi connectivity index (χ3v) is 6.12. The number of aliphatic imine (C=N–C) groups is 1. The van der Waals surface area contributed by atoms with Crippen LogP contribution in [0.3, 0.4) is 0 Å². The number of anilines is 1. The first-order valence-electron chi connectivity index (χ1n) is 10.2. The Labute approximate surface area is 192 Å². The second kappa shape index (κ2) is 11.3. The lowest BCUT2D eigenvalue weighted by molar-refractivity contribution is -0.128. The van der Waals surface area contributed by atoms with E-state index in [1.807, 2.05) is 38.1 Å². The average molecular weight is 460 g/mol. The van der Waals surface area contributed by atoms with Crippen LogP contribution in [0.4, 0.5) is 11.4 Å². The van der Waals surface area contributed by atoms with Crippen molar-refractivity contribution in [3.8, 4) is 0 Å². The summed E-state index contributed by atoms with van der Waals surface area (Å²) in [5, 5.41) is 3.45. The summed E-state index contributed by atoms with van der Waals surface area (Å²) in [6, 6.07) is 14.7. The number of amidine groups is 1. The van der Waals surface area contributed by atoms with Gasteiger partial charge in [-0.1, -0.05) is 47.6 Å². The summed E-state index contributed by atoms with van der Waals surface area (Å²) >= 11 is 7.31. The predicted octanol–water partition coefficient (Wildman–Crippen LogP) is 5.04. The highest BCUT2D eigenvalue weighted by molar-refractivity contribution is 8.15. The number of hydrogen-bond acceptors (Lipinski definition) is 5. The highest BCUT2D eigenvalue weighted by atomic mass is 35.5. The molecule has 0 radical (unpaired) electrons. The third kappa shape index (κ3) is 6.56. The minimum absolute atomic E-state index is 0.0603. The van der Waals surface area contributed by atoms with Gasteiger partial charge in [0.15, 0.2) is 5.17 Å². The normalized spacial score (nSPS) is 17.4. The number of hydrogen-bond donors (Lipinski definition) is 1. The van der Waals surface area contributed by atoms with E-state index in [9.17, 15) is 9.59 Å². The van der Waals surface area contributed by atoms with E-state index in [1.165, 1.54) is 11.8 Å². The maximum Gasteiger partial charge on any atom is 0.242 e. The number of nitrogens with zero attached hydrogens (tertiary/aromatic N) is 2. The molecule has 2 amide bonds. The van der Waals surface area contributed by atoms with Gasteiger partial charge in [0, 0.05) is 36.9 Å². The van der Waals surface area contributed by atoms with Crippen molar-refractivity contribution in [2.75, 3.05) is 25.1 Å². The van der Waals surface area contributed by atoms with Crippen LogP contribution in [0.5, 0.6) is 0 Å². The van der Waals surface area contributed by atoms with E-state index in [1.54, 1.807) is 29.2 Å². The number of carbonyl (C=O) groups is 2. The highest BCUT2D eigenvalue weighted by Gasteiger charge is 2.39. The maximum atomic E-state index is 13.1. The van der Waals surface area contributed by atoms with E-state index in [-0.39, 0.29) is 18.2 Å². The Morgan fingerprint density at radius 1 is 1.26 bits per heavy atom. The first-order chi connectivity index (χ1) is 15.0. The van der Waals surface area contributed by atoms with Gasteiger partial charge in [-0.15, -0.1) is 0 Å². The van der Waals surface area contributed by atoms with Crippen LogP contribution in [0.25, 0.3) is 0 Å². The van der Waals surface area contributed by atoms with Crippen LogP contribution in [0.1, 0.15) is 25.3 Å². The molecule has 3 rings (SSSR count). The molecular formula is C23H26ClN3O3S. The van der Waals surface area contributed by atoms with E-state index >= 15 is 0 Å². The number of amides is 2. The Balaban J connectivity index is 1.73. The molecule has 1 atom stereocenters. The van der Waals surface area contributed by atoms with E-state index < -0.39 is 5.25 Å². The van der Waals surface area contributed by atoms with Crippen LogP contribution in [0.15, 0.2) is 53.5 Å². The van der Waals surface area contributed by atoms with Gasteiger partial charge in [0.05, 0.1) is 5.69 Å². The Bertz CT molecular complexity index is 967. The molecule has 0 bridgehead atoms. The van der Waals surface area contributed by atoms with Gasteiger partial charge < -0.3 is 10.1 Å². The fraction of sp³-hybridized carbons (Fsp3) is 0.348. The molecule has 1 aliphatic rings. The average Bonchev–Trinajstić information content (AvgIpc) is 3.01. The maximum absolute atomic E-state index is 13.1. The summed E-state index contributed by atoms with van der Waals surface area (Å²) in [4.78, 5) is 32.0. The summed E-state index contributed by atoms with van der Waals surface area (Å²) in [7, 11) is 0. The van der Waals surface area contributed by atoms with Gasteiger partial charge in [-0.05, 0) is 50.1 Å². The van der Waals surface area contributed by atoms with Crippen molar-refractivity contribution in [1.82, 2.24) is 4.90 Å². The zero-order valence-electron chi connectivity index (χ0n) is 17.6. The van der Waals surface area contributed by atoms with Crippen molar-refractivity contribution in [2.24, 2.45) is 4.99 Å². The SMILES string of the molecule is CCOCCCN1C(=O)C(CC(=O)Nc2cccc(Cl)c2)SC1=Nc1ccccc1C. The van der Waals surface area contributed by atoms with Gasteiger partial charge in [-0.2, -0.15) is 0 Å². The molecule has 8 heteroatoms. The lowest BCUT2D eigenvalue weighted by Gasteiger charge is -2.16. The Kier molecular flexibility index (Phi) is 8.51. The van der Waals surface area contributed by atoms with Crippen molar-refractivity contribution in [3.63, 3.8) is 0 Å². The Morgan fingerprint density at radius 3 is 2.81 bits per heavy atom. The van der Waals surface area contributed by atoms with Gasteiger partial charge in [0.1, 0.15) is 5.25 Å². The first kappa shape index (κ1) is 23.3. The van der Waals surface area contributed by atoms with Gasteiger partial charge in [-0.3, -0.25) is 14.5 Å². The van der Waals surface area contributed by atoms with Crippen molar-refractivity contribution >= 4 is 51.7 Å². The zero-order valence-corrected chi connectivity index (χ0v) is 19.2. The summed E-state index contributed by atoms with van der Waals surface area (Å²) in [6.45, 7) is 5.64. The van der Waals surface area contributed by atoms with Crippen molar-refractivity contribution in [3.05, 3.63) is 59.1 Å². The van der Waals surface area contributed by atoms with Crippen LogP contribution in [0, 0.1) is 6.92 Å². The van der Waals surface area contributed by atoms with Crippen LogP contribution < -0.4 is 5.32 Å². The Hall–Kier alpha value is -2.35. The second-order valence-corrected chi connectivity index (χ2v) is 8.70. The summed E-state index contributed by atoms with van der Waals surface area (Å²) in [5.41, 5.74) is 2.45. The molecule has 2 aromatic carbocycles. The van der Waals surface area contributed by atoms with Crippen LogP contribution >= 0.6 is 23.4 Å². The number of aryl methyl sites for hydroxylation is 1. The smallest absolute Gasteiger partial charge is 0.242 e. The molecule has 0 saturated carbocycles. The van der Waals surface area contributed by atoms with Crippen LogP contribution in [-0.2, 0) is 14.3 Å². The number of benzene rings is 2.